The number of hydrogen-bond donors (Lipinski definition) is 3. The van der Waals surface area contributed by atoms with E-state index in [0.717, 1.165) is 11.1 Å². The van der Waals surface area contributed by atoms with Crippen LogP contribution in [0, 0.1) is 12.7 Å². The van der Waals surface area contributed by atoms with Gasteiger partial charge in [0.1, 0.15) is 28.8 Å². The van der Waals surface area contributed by atoms with Crippen LogP contribution in [-0.2, 0) is 13.6 Å². The van der Waals surface area contributed by atoms with Gasteiger partial charge in [0.15, 0.2) is 0 Å². The zero-order valence-electron chi connectivity index (χ0n) is 16.8. The summed E-state index contributed by atoms with van der Waals surface area (Å²) in [5.41, 5.74) is 1.53. The molecule has 1 amide bonds. The van der Waals surface area contributed by atoms with Crippen LogP contribution in [0.5, 0.6) is 0 Å². The smallest absolute Gasteiger partial charge is 0.269 e. The van der Waals surface area contributed by atoms with E-state index in [2.05, 4.69) is 20.9 Å². The minimum Gasteiger partial charge on any atom is -0.389 e. The summed E-state index contributed by atoms with van der Waals surface area (Å²) < 4.78 is 20.0. The molecule has 8 nitrogen and oxygen atoms in total. The van der Waals surface area contributed by atoms with E-state index in [1.54, 1.807) is 46.0 Å². The first-order valence-corrected chi connectivity index (χ1v) is 9.13. The molecule has 0 aliphatic heterocycles. The zero-order valence-corrected chi connectivity index (χ0v) is 16.8. The molecule has 0 bridgehead atoms. The highest BCUT2D eigenvalue weighted by Gasteiger charge is 2.19. The van der Waals surface area contributed by atoms with Crippen molar-refractivity contribution in [2.24, 2.45) is 7.05 Å². The van der Waals surface area contributed by atoms with Gasteiger partial charge >= 0.3 is 0 Å². The van der Waals surface area contributed by atoms with Crippen LogP contribution in [0.2, 0.25) is 0 Å². The maximum absolute atomic E-state index is 13.2. The molecule has 0 unspecified atom stereocenters. The number of hydrogen-bond acceptors (Lipinski definition) is 6. The van der Waals surface area contributed by atoms with Crippen molar-refractivity contribution in [3.63, 3.8) is 0 Å². The van der Waals surface area contributed by atoms with E-state index >= 15 is 0 Å². The third kappa shape index (κ3) is 5.00. The van der Waals surface area contributed by atoms with Crippen LogP contribution >= 0.6 is 0 Å². The highest BCUT2D eigenvalue weighted by Crippen LogP contribution is 2.26. The van der Waals surface area contributed by atoms with Crippen molar-refractivity contribution in [2.45, 2.75) is 32.9 Å². The Bertz CT molecular complexity index is 1000. The van der Waals surface area contributed by atoms with Crippen LogP contribution in [0.15, 0.2) is 34.9 Å². The quantitative estimate of drug-likeness (QED) is 0.562. The first-order valence-electron chi connectivity index (χ1n) is 9.13. The lowest BCUT2D eigenvalue weighted by molar-refractivity contribution is 0.0689. The molecule has 9 heteroatoms. The SMILES string of the molecule is Cc1onc(-c2ccc(F)cc2)c1CNc1cc(C(=O)NCC(C)(C)O)n(C)n1. The van der Waals surface area contributed by atoms with Gasteiger partial charge in [-0.3, -0.25) is 9.48 Å². The highest BCUT2D eigenvalue weighted by atomic mass is 19.1. The predicted octanol–water partition coefficient (Wildman–Crippen LogP) is 2.64. The zero-order chi connectivity index (χ0) is 21.2. The monoisotopic (exact) mass is 401 g/mol. The Hall–Kier alpha value is -3.20. The number of aromatic nitrogens is 3. The Morgan fingerprint density at radius 3 is 2.66 bits per heavy atom. The van der Waals surface area contributed by atoms with Gasteiger partial charge in [-0.25, -0.2) is 4.39 Å². The summed E-state index contributed by atoms with van der Waals surface area (Å²) in [6.45, 7) is 5.52. The van der Waals surface area contributed by atoms with Gasteiger partial charge in [-0.05, 0) is 45.0 Å². The molecule has 0 aliphatic carbocycles. The summed E-state index contributed by atoms with van der Waals surface area (Å²) in [7, 11) is 1.67. The van der Waals surface area contributed by atoms with E-state index in [0.29, 0.717) is 29.5 Å². The lowest BCUT2D eigenvalue weighted by Gasteiger charge is -2.17. The molecule has 0 saturated carbocycles. The molecule has 3 aromatic rings. The van der Waals surface area contributed by atoms with Crippen LogP contribution in [0.25, 0.3) is 11.3 Å². The van der Waals surface area contributed by atoms with Crippen LogP contribution in [0.4, 0.5) is 10.2 Å². The van der Waals surface area contributed by atoms with E-state index < -0.39 is 5.60 Å². The first-order chi connectivity index (χ1) is 13.6. The van der Waals surface area contributed by atoms with Crippen molar-refractivity contribution in [1.29, 1.82) is 0 Å². The van der Waals surface area contributed by atoms with E-state index in [-0.39, 0.29) is 18.3 Å². The van der Waals surface area contributed by atoms with Gasteiger partial charge in [-0.15, -0.1) is 0 Å². The molecule has 1 aromatic carbocycles. The summed E-state index contributed by atoms with van der Waals surface area (Å²) in [5, 5.41) is 24.0. The molecule has 0 radical (unpaired) electrons. The number of rotatable bonds is 7. The minimum atomic E-state index is -1.00. The van der Waals surface area contributed by atoms with Gasteiger partial charge < -0.3 is 20.3 Å². The minimum absolute atomic E-state index is 0.126. The van der Waals surface area contributed by atoms with Gasteiger partial charge in [0.2, 0.25) is 0 Å². The van der Waals surface area contributed by atoms with Crippen molar-refractivity contribution < 1.29 is 18.8 Å². The molecule has 2 heterocycles. The van der Waals surface area contributed by atoms with Crippen LogP contribution in [0.1, 0.15) is 35.7 Å². The highest BCUT2D eigenvalue weighted by molar-refractivity contribution is 5.93. The molecule has 154 valence electrons. The van der Waals surface area contributed by atoms with Crippen molar-refractivity contribution in [3.8, 4) is 11.3 Å². The lowest BCUT2D eigenvalue weighted by atomic mass is 10.1. The van der Waals surface area contributed by atoms with E-state index in [9.17, 15) is 14.3 Å². The third-order valence-corrected chi connectivity index (χ3v) is 4.34. The van der Waals surface area contributed by atoms with Gasteiger partial charge in [-0.1, -0.05) is 5.16 Å². The molecular weight excluding hydrogens is 377 g/mol. The number of carbonyl (C=O) groups is 1. The summed E-state index contributed by atoms with van der Waals surface area (Å²) in [6, 6.07) is 7.64. The lowest BCUT2D eigenvalue weighted by Crippen LogP contribution is -2.38. The molecule has 0 saturated heterocycles. The number of anilines is 1. The Labute approximate surface area is 167 Å². The van der Waals surface area contributed by atoms with Gasteiger partial charge in [0, 0.05) is 37.3 Å². The number of amides is 1. The maximum Gasteiger partial charge on any atom is 0.269 e. The number of halogens is 1. The molecule has 0 atom stereocenters. The Morgan fingerprint density at radius 1 is 1.31 bits per heavy atom. The fourth-order valence-corrected chi connectivity index (χ4v) is 2.77. The molecule has 0 aliphatic rings. The van der Waals surface area contributed by atoms with E-state index in [1.165, 1.54) is 16.8 Å². The van der Waals surface area contributed by atoms with Crippen molar-refractivity contribution in [1.82, 2.24) is 20.3 Å². The molecule has 2 aromatic heterocycles. The first kappa shape index (κ1) is 20.5. The second-order valence-electron chi connectivity index (χ2n) is 7.46. The predicted molar refractivity (Wildman–Crippen MR) is 106 cm³/mol. The molecule has 29 heavy (non-hydrogen) atoms. The number of benzene rings is 1. The van der Waals surface area contributed by atoms with Crippen molar-refractivity contribution in [2.75, 3.05) is 11.9 Å². The number of carbonyl (C=O) groups excluding carboxylic acids is 1. The molecule has 3 N–H and O–H groups in total. The van der Waals surface area contributed by atoms with Crippen molar-refractivity contribution in [3.05, 3.63) is 53.2 Å². The third-order valence-electron chi connectivity index (χ3n) is 4.34. The second kappa shape index (κ2) is 8.04. The van der Waals surface area contributed by atoms with E-state index in [4.69, 9.17) is 4.52 Å². The summed E-state index contributed by atoms with van der Waals surface area (Å²) in [5.74, 6) is 0.489. The van der Waals surface area contributed by atoms with Crippen LogP contribution < -0.4 is 10.6 Å². The molecule has 0 fully saturated rings. The van der Waals surface area contributed by atoms with Gasteiger partial charge in [0.25, 0.3) is 5.91 Å². The Balaban J connectivity index is 1.72. The average molecular weight is 401 g/mol. The molecular formula is C20H24FN5O3. The molecule has 0 spiro atoms. The summed E-state index contributed by atoms with van der Waals surface area (Å²) in [6.07, 6.45) is 0. The summed E-state index contributed by atoms with van der Waals surface area (Å²) >= 11 is 0. The number of nitrogens with one attached hydrogen (secondary N) is 2. The standard InChI is InChI=1S/C20H24FN5O3/c1-12-15(18(25-29-12)13-5-7-14(21)8-6-13)10-22-17-9-16(26(4)24-17)19(27)23-11-20(2,3)28/h5-9,28H,10-11H2,1-4H3,(H,22,24)(H,23,27). The fraction of sp³-hybridized carbons (Fsp3) is 0.350. The topological polar surface area (TPSA) is 105 Å². The largest absolute Gasteiger partial charge is 0.389 e. The molecule has 3 rings (SSSR count). The van der Waals surface area contributed by atoms with Crippen LogP contribution in [-0.4, -0.2) is 38.1 Å². The normalized spacial score (nSPS) is 11.5. The number of aryl methyl sites for hydroxylation is 2. The number of aliphatic hydroxyl groups is 1. The van der Waals surface area contributed by atoms with E-state index in [1.807, 2.05) is 0 Å². The van der Waals surface area contributed by atoms with Gasteiger partial charge in [0.05, 0.1) is 5.60 Å². The summed E-state index contributed by atoms with van der Waals surface area (Å²) in [4.78, 5) is 12.3. The fourth-order valence-electron chi connectivity index (χ4n) is 2.77. The number of nitrogens with zero attached hydrogens (tertiary/aromatic N) is 3. The maximum atomic E-state index is 13.2. The second-order valence-corrected chi connectivity index (χ2v) is 7.46. The van der Waals surface area contributed by atoms with Crippen LogP contribution in [0.3, 0.4) is 0 Å². The van der Waals surface area contributed by atoms with Gasteiger partial charge in [-0.2, -0.15) is 5.10 Å². The Morgan fingerprint density at radius 2 is 2.00 bits per heavy atom. The van der Waals surface area contributed by atoms with Crippen molar-refractivity contribution >= 4 is 11.7 Å². The average Bonchev–Trinajstić information content (AvgIpc) is 3.20. The Kier molecular flexibility index (Phi) is 5.69.